The predicted octanol–water partition coefficient (Wildman–Crippen LogP) is -0.408. The topological polar surface area (TPSA) is 72.9 Å². The van der Waals surface area contributed by atoms with E-state index in [1.165, 1.54) is 0 Å². The van der Waals surface area contributed by atoms with E-state index < -0.39 is 0 Å². The van der Waals surface area contributed by atoms with Gasteiger partial charge in [0.1, 0.15) is 5.69 Å². The van der Waals surface area contributed by atoms with E-state index in [2.05, 4.69) is 10.4 Å². The van der Waals surface area contributed by atoms with E-state index in [9.17, 15) is 4.79 Å². The van der Waals surface area contributed by atoms with Crippen LogP contribution in [0.25, 0.3) is 0 Å². The molecule has 0 fully saturated rings. The molecule has 1 aromatic rings. The van der Waals surface area contributed by atoms with Crippen LogP contribution in [0.1, 0.15) is 17.4 Å². The van der Waals surface area contributed by atoms with Crippen LogP contribution in [0.15, 0.2) is 12.3 Å². The summed E-state index contributed by atoms with van der Waals surface area (Å²) in [5, 5.41) is 6.69. The van der Waals surface area contributed by atoms with Crippen LogP contribution in [0.5, 0.6) is 0 Å². The number of nitrogens with two attached hydrogens (primary N) is 1. The molecule has 72 valence electrons. The molecule has 0 aliphatic heterocycles. The van der Waals surface area contributed by atoms with Crippen molar-refractivity contribution in [2.45, 2.75) is 13.5 Å². The predicted molar refractivity (Wildman–Crippen MR) is 49.3 cm³/mol. The van der Waals surface area contributed by atoms with E-state index in [4.69, 9.17) is 5.73 Å². The number of carbonyl (C=O) groups excluding carboxylic acids is 1. The number of nitrogens with zero attached hydrogens (tertiary/aromatic N) is 2. The van der Waals surface area contributed by atoms with Gasteiger partial charge >= 0.3 is 0 Å². The molecule has 0 spiro atoms. The van der Waals surface area contributed by atoms with Crippen LogP contribution in [0.3, 0.4) is 0 Å². The first-order chi connectivity index (χ1) is 6.27. The Morgan fingerprint density at radius 1 is 1.77 bits per heavy atom. The molecule has 0 saturated carbocycles. The van der Waals surface area contributed by atoms with Crippen LogP contribution < -0.4 is 11.1 Å². The number of aryl methyl sites for hydroxylation is 1. The highest BCUT2D eigenvalue weighted by Gasteiger charge is 2.06. The average Bonchev–Trinajstić information content (AvgIpc) is 2.62. The fraction of sp³-hybridized carbons (Fsp3) is 0.500. The summed E-state index contributed by atoms with van der Waals surface area (Å²) >= 11 is 0. The lowest BCUT2D eigenvalue weighted by Gasteiger charge is -1.99. The molecule has 0 aliphatic rings. The number of amides is 1. The Labute approximate surface area is 76.9 Å². The average molecular weight is 182 g/mol. The van der Waals surface area contributed by atoms with Gasteiger partial charge in [-0.05, 0) is 13.0 Å². The van der Waals surface area contributed by atoms with Gasteiger partial charge in [-0.2, -0.15) is 5.10 Å². The Morgan fingerprint density at radius 2 is 2.54 bits per heavy atom. The normalized spacial score (nSPS) is 10.0. The summed E-state index contributed by atoms with van der Waals surface area (Å²) < 4.78 is 1.71. The zero-order chi connectivity index (χ0) is 9.68. The molecule has 5 nitrogen and oxygen atoms in total. The maximum Gasteiger partial charge on any atom is 0.271 e. The minimum atomic E-state index is -0.169. The van der Waals surface area contributed by atoms with Gasteiger partial charge in [-0.1, -0.05) is 0 Å². The fourth-order valence-electron chi connectivity index (χ4n) is 0.935. The molecule has 0 unspecified atom stereocenters. The van der Waals surface area contributed by atoms with Crippen molar-refractivity contribution in [3.63, 3.8) is 0 Å². The minimum Gasteiger partial charge on any atom is -0.349 e. The van der Waals surface area contributed by atoms with Gasteiger partial charge in [0.2, 0.25) is 0 Å². The molecule has 1 heterocycles. The third kappa shape index (κ3) is 2.55. The Balaban J connectivity index is 2.55. The van der Waals surface area contributed by atoms with Gasteiger partial charge in [-0.15, -0.1) is 0 Å². The molecule has 13 heavy (non-hydrogen) atoms. The Kier molecular flexibility index (Phi) is 3.45. The monoisotopic (exact) mass is 182 g/mol. The Bertz CT molecular complexity index is 281. The van der Waals surface area contributed by atoms with Crippen LogP contribution in [0, 0.1) is 0 Å². The molecule has 0 atom stereocenters. The van der Waals surface area contributed by atoms with Gasteiger partial charge in [-0.3, -0.25) is 9.48 Å². The molecule has 0 aromatic carbocycles. The number of carbonyl (C=O) groups is 1. The van der Waals surface area contributed by atoms with Gasteiger partial charge in [0.25, 0.3) is 5.91 Å². The summed E-state index contributed by atoms with van der Waals surface area (Å²) in [5.41, 5.74) is 5.69. The van der Waals surface area contributed by atoms with E-state index >= 15 is 0 Å². The summed E-state index contributed by atoms with van der Waals surface area (Å²) in [7, 11) is 0. The fourth-order valence-corrected chi connectivity index (χ4v) is 0.935. The van der Waals surface area contributed by atoms with Crippen LogP contribution in [-0.4, -0.2) is 28.8 Å². The van der Waals surface area contributed by atoms with Crippen molar-refractivity contribution in [2.75, 3.05) is 13.1 Å². The van der Waals surface area contributed by atoms with Crippen molar-refractivity contribution in [3.8, 4) is 0 Å². The van der Waals surface area contributed by atoms with Gasteiger partial charge in [-0.25, -0.2) is 0 Å². The van der Waals surface area contributed by atoms with Gasteiger partial charge in [0.15, 0.2) is 0 Å². The van der Waals surface area contributed by atoms with E-state index in [1.54, 1.807) is 16.9 Å². The van der Waals surface area contributed by atoms with E-state index in [1.807, 2.05) is 6.92 Å². The molecule has 3 N–H and O–H groups in total. The van der Waals surface area contributed by atoms with Crippen molar-refractivity contribution in [1.82, 2.24) is 15.1 Å². The highest BCUT2D eigenvalue weighted by Crippen LogP contribution is 1.94. The first-order valence-electron chi connectivity index (χ1n) is 4.29. The molecule has 1 aromatic heterocycles. The van der Waals surface area contributed by atoms with Crippen molar-refractivity contribution in [1.29, 1.82) is 0 Å². The number of nitrogens with one attached hydrogen (secondary N) is 1. The highest BCUT2D eigenvalue weighted by molar-refractivity contribution is 5.92. The summed E-state index contributed by atoms with van der Waals surface area (Å²) in [5.74, 6) is -0.169. The number of hydrogen-bond donors (Lipinski definition) is 2. The molecular weight excluding hydrogens is 168 g/mol. The first kappa shape index (κ1) is 9.73. The highest BCUT2D eigenvalue weighted by atomic mass is 16.1. The van der Waals surface area contributed by atoms with Crippen LogP contribution in [-0.2, 0) is 6.54 Å². The smallest absolute Gasteiger partial charge is 0.271 e. The van der Waals surface area contributed by atoms with Crippen molar-refractivity contribution in [2.24, 2.45) is 5.73 Å². The number of aromatic nitrogens is 2. The van der Waals surface area contributed by atoms with Gasteiger partial charge in [0, 0.05) is 25.8 Å². The SMILES string of the molecule is CCn1ccc(C(=O)NCCN)n1. The van der Waals surface area contributed by atoms with Crippen LogP contribution in [0.2, 0.25) is 0 Å². The largest absolute Gasteiger partial charge is 0.349 e. The Morgan fingerprint density at radius 3 is 3.08 bits per heavy atom. The third-order valence-corrected chi connectivity index (χ3v) is 1.63. The first-order valence-corrected chi connectivity index (χ1v) is 4.29. The quantitative estimate of drug-likeness (QED) is 0.665. The zero-order valence-electron chi connectivity index (χ0n) is 7.66. The van der Waals surface area contributed by atoms with Crippen molar-refractivity contribution in [3.05, 3.63) is 18.0 Å². The second-order valence-corrected chi connectivity index (χ2v) is 2.60. The second-order valence-electron chi connectivity index (χ2n) is 2.60. The van der Waals surface area contributed by atoms with E-state index in [-0.39, 0.29) is 5.91 Å². The molecule has 0 radical (unpaired) electrons. The Hall–Kier alpha value is -1.36. The molecular formula is C8H14N4O. The van der Waals surface area contributed by atoms with Gasteiger partial charge < -0.3 is 11.1 Å². The summed E-state index contributed by atoms with van der Waals surface area (Å²) in [6, 6.07) is 1.69. The molecule has 0 aliphatic carbocycles. The molecule has 0 bridgehead atoms. The lowest BCUT2D eigenvalue weighted by atomic mass is 10.4. The standard InChI is InChI=1S/C8H14N4O/c1-2-12-6-3-7(11-12)8(13)10-5-4-9/h3,6H,2,4-5,9H2,1H3,(H,10,13). The van der Waals surface area contributed by atoms with E-state index in [0.717, 1.165) is 6.54 Å². The van der Waals surface area contributed by atoms with Crippen LogP contribution in [0.4, 0.5) is 0 Å². The summed E-state index contributed by atoms with van der Waals surface area (Å²) in [6.45, 7) is 3.66. The molecule has 0 saturated heterocycles. The lowest BCUT2D eigenvalue weighted by Crippen LogP contribution is -2.29. The second kappa shape index (κ2) is 4.61. The van der Waals surface area contributed by atoms with Crippen molar-refractivity contribution >= 4 is 5.91 Å². The summed E-state index contributed by atoms with van der Waals surface area (Å²) in [6.07, 6.45) is 1.78. The maximum absolute atomic E-state index is 11.3. The third-order valence-electron chi connectivity index (χ3n) is 1.63. The number of hydrogen-bond acceptors (Lipinski definition) is 3. The maximum atomic E-state index is 11.3. The zero-order valence-corrected chi connectivity index (χ0v) is 7.66. The molecule has 1 rings (SSSR count). The van der Waals surface area contributed by atoms with Crippen molar-refractivity contribution < 1.29 is 4.79 Å². The molecule has 1 amide bonds. The van der Waals surface area contributed by atoms with Crippen LogP contribution >= 0.6 is 0 Å². The van der Waals surface area contributed by atoms with E-state index in [0.29, 0.717) is 18.8 Å². The number of rotatable bonds is 4. The van der Waals surface area contributed by atoms with Gasteiger partial charge in [0.05, 0.1) is 0 Å². The molecule has 5 heteroatoms. The lowest BCUT2D eigenvalue weighted by molar-refractivity contribution is 0.0949. The minimum absolute atomic E-state index is 0.169. The summed E-state index contributed by atoms with van der Waals surface area (Å²) in [4.78, 5) is 11.3.